The van der Waals surface area contributed by atoms with Gasteiger partial charge in [-0.1, -0.05) is 6.07 Å². The SMILES string of the molecule is CCOC(=O)/C=C1/CCCc2ccc(N)cc21. The summed E-state index contributed by atoms with van der Waals surface area (Å²) in [7, 11) is 0. The van der Waals surface area contributed by atoms with Gasteiger partial charge in [0.1, 0.15) is 0 Å². The molecule has 0 heterocycles. The van der Waals surface area contributed by atoms with Crippen molar-refractivity contribution in [1.82, 2.24) is 0 Å². The van der Waals surface area contributed by atoms with Gasteiger partial charge in [0.05, 0.1) is 6.61 Å². The number of hydrogen-bond acceptors (Lipinski definition) is 3. The van der Waals surface area contributed by atoms with E-state index in [-0.39, 0.29) is 5.97 Å². The Morgan fingerprint density at radius 3 is 3.06 bits per heavy atom. The van der Waals surface area contributed by atoms with Gasteiger partial charge in [0, 0.05) is 11.8 Å². The van der Waals surface area contributed by atoms with Gasteiger partial charge in [-0.2, -0.15) is 0 Å². The molecule has 0 atom stereocenters. The molecule has 2 rings (SSSR count). The number of ether oxygens (including phenoxy) is 1. The fourth-order valence-electron chi connectivity index (χ4n) is 2.19. The number of hydrogen-bond donors (Lipinski definition) is 1. The third-order valence-electron chi connectivity index (χ3n) is 2.95. The first-order valence-corrected chi connectivity index (χ1v) is 5.97. The van der Waals surface area contributed by atoms with Crippen LogP contribution in [0.4, 0.5) is 5.69 Å². The highest BCUT2D eigenvalue weighted by molar-refractivity contribution is 5.92. The van der Waals surface area contributed by atoms with Crippen molar-refractivity contribution in [2.75, 3.05) is 12.3 Å². The zero-order chi connectivity index (χ0) is 12.3. The van der Waals surface area contributed by atoms with Crippen molar-refractivity contribution in [3.05, 3.63) is 35.4 Å². The van der Waals surface area contributed by atoms with Crippen LogP contribution in [0, 0.1) is 0 Å². The maximum atomic E-state index is 11.5. The lowest BCUT2D eigenvalue weighted by molar-refractivity contribution is -0.137. The highest BCUT2D eigenvalue weighted by Gasteiger charge is 2.15. The molecule has 0 radical (unpaired) electrons. The second-order valence-corrected chi connectivity index (χ2v) is 4.19. The number of aryl methyl sites for hydroxylation is 1. The summed E-state index contributed by atoms with van der Waals surface area (Å²) in [6, 6.07) is 5.90. The number of rotatable bonds is 2. The first kappa shape index (κ1) is 11.7. The lowest BCUT2D eigenvalue weighted by atomic mass is 9.87. The standard InChI is InChI=1S/C14H17NO2/c1-2-17-14(16)8-11-5-3-4-10-6-7-12(15)9-13(10)11/h6-9H,2-5,15H2,1H3/b11-8-. The van der Waals surface area contributed by atoms with Crippen molar-refractivity contribution in [3.63, 3.8) is 0 Å². The summed E-state index contributed by atoms with van der Waals surface area (Å²) in [6.45, 7) is 2.22. The number of nitrogens with two attached hydrogens (primary N) is 1. The molecule has 2 N–H and O–H groups in total. The van der Waals surface area contributed by atoms with Crippen LogP contribution < -0.4 is 5.73 Å². The summed E-state index contributed by atoms with van der Waals surface area (Å²) in [4.78, 5) is 11.5. The molecule has 90 valence electrons. The van der Waals surface area contributed by atoms with Crippen LogP contribution in [0.2, 0.25) is 0 Å². The molecule has 3 heteroatoms. The molecule has 0 bridgehead atoms. The normalized spacial score (nSPS) is 16.6. The topological polar surface area (TPSA) is 52.3 Å². The molecule has 1 aromatic carbocycles. The monoisotopic (exact) mass is 231 g/mol. The van der Waals surface area contributed by atoms with Gasteiger partial charge >= 0.3 is 5.97 Å². The number of fused-ring (bicyclic) bond motifs is 1. The van der Waals surface area contributed by atoms with Gasteiger partial charge in [-0.05, 0) is 55.0 Å². The van der Waals surface area contributed by atoms with Crippen LogP contribution in [0.25, 0.3) is 5.57 Å². The van der Waals surface area contributed by atoms with Crippen LogP contribution in [0.15, 0.2) is 24.3 Å². The van der Waals surface area contributed by atoms with Gasteiger partial charge in [0.25, 0.3) is 0 Å². The molecule has 0 aliphatic heterocycles. The Morgan fingerprint density at radius 2 is 2.29 bits per heavy atom. The smallest absolute Gasteiger partial charge is 0.331 e. The number of benzene rings is 1. The van der Waals surface area contributed by atoms with E-state index in [0.29, 0.717) is 6.61 Å². The van der Waals surface area contributed by atoms with Crippen LogP contribution in [-0.2, 0) is 16.0 Å². The minimum Gasteiger partial charge on any atom is -0.463 e. The average molecular weight is 231 g/mol. The number of esters is 1. The van der Waals surface area contributed by atoms with Gasteiger partial charge in [-0.25, -0.2) is 4.79 Å². The van der Waals surface area contributed by atoms with Gasteiger partial charge in [-0.3, -0.25) is 0 Å². The molecule has 1 aromatic rings. The van der Waals surface area contributed by atoms with Crippen molar-refractivity contribution < 1.29 is 9.53 Å². The van der Waals surface area contributed by atoms with E-state index < -0.39 is 0 Å². The Labute approximate surface area is 101 Å². The fourth-order valence-corrected chi connectivity index (χ4v) is 2.19. The molecule has 0 unspecified atom stereocenters. The molecule has 0 saturated carbocycles. The summed E-state index contributed by atoms with van der Waals surface area (Å²) in [5.74, 6) is -0.266. The van der Waals surface area contributed by atoms with Crippen molar-refractivity contribution in [1.29, 1.82) is 0 Å². The maximum Gasteiger partial charge on any atom is 0.331 e. The van der Waals surface area contributed by atoms with E-state index in [1.807, 2.05) is 25.1 Å². The summed E-state index contributed by atoms with van der Waals surface area (Å²) in [5.41, 5.74) is 9.93. The Hall–Kier alpha value is -1.77. The van der Waals surface area contributed by atoms with E-state index in [1.54, 1.807) is 6.08 Å². The summed E-state index contributed by atoms with van der Waals surface area (Å²) < 4.78 is 4.94. The van der Waals surface area contributed by atoms with Crippen molar-refractivity contribution in [2.24, 2.45) is 0 Å². The molecular formula is C14H17NO2. The second-order valence-electron chi connectivity index (χ2n) is 4.19. The third kappa shape index (κ3) is 2.67. The largest absolute Gasteiger partial charge is 0.463 e. The van der Waals surface area contributed by atoms with Crippen LogP contribution in [0.3, 0.4) is 0 Å². The van der Waals surface area contributed by atoms with Crippen molar-refractivity contribution in [2.45, 2.75) is 26.2 Å². The first-order chi connectivity index (χ1) is 8.20. The van der Waals surface area contributed by atoms with E-state index in [4.69, 9.17) is 10.5 Å². The number of carbonyl (C=O) groups is 1. The average Bonchev–Trinajstić information content (AvgIpc) is 2.30. The molecular weight excluding hydrogens is 214 g/mol. The number of carbonyl (C=O) groups excluding carboxylic acids is 1. The molecule has 0 saturated heterocycles. The Bertz CT molecular complexity index is 463. The number of nitrogen functional groups attached to an aromatic ring is 1. The van der Waals surface area contributed by atoms with Crippen LogP contribution in [0.5, 0.6) is 0 Å². The lowest BCUT2D eigenvalue weighted by Crippen LogP contribution is -2.06. The first-order valence-electron chi connectivity index (χ1n) is 5.97. The fraction of sp³-hybridized carbons (Fsp3) is 0.357. The molecule has 1 aliphatic carbocycles. The maximum absolute atomic E-state index is 11.5. The molecule has 3 nitrogen and oxygen atoms in total. The minimum atomic E-state index is -0.266. The summed E-state index contributed by atoms with van der Waals surface area (Å²) in [6.07, 6.45) is 4.63. The van der Waals surface area contributed by atoms with Crippen molar-refractivity contribution in [3.8, 4) is 0 Å². The number of allylic oxidation sites excluding steroid dienone is 1. The Balaban J connectivity index is 2.33. The molecule has 0 amide bonds. The Kier molecular flexibility index (Phi) is 3.47. The quantitative estimate of drug-likeness (QED) is 0.483. The predicted octanol–water partition coefficient (Wildman–Crippen LogP) is 2.55. The van der Waals surface area contributed by atoms with E-state index >= 15 is 0 Å². The van der Waals surface area contributed by atoms with E-state index in [9.17, 15) is 4.79 Å². The predicted molar refractivity (Wildman–Crippen MR) is 68.4 cm³/mol. The van der Waals surface area contributed by atoms with E-state index in [2.05, 4.69) is 0 Å². The minimum absolute atomic E-state index is 0.266. The van der Waals surface area contributed by atoms with Crippen molar-refractivity contribution >= 4 is 17.2 Å². The van der Waals surface area contributed by atoms with Gasteiger partial charge in [0.2, 0.25) is 0 Å². The van der Waals surface area contributed by atoms with Gasteiger partial charge in [0.15, 0.2) is 0 Å². The van der Waals surface area contributed by atoms with Crippen LogP contribution in [-0.4, -0.2) is 12.6 Å². The van der Waals surface area contributed by atoms with Crippen LogP contribution >= 0.6 is 0 Å². The molecule has 0 fully saturated rings. The lowest BCUT2D eigenvalue weighted by Gasteiger charge is -2.19. The highest BCUT2D eigenvalue weighted by Crippen LogP contribution is 2.31. The Morgan fingerprint density at radius 1 is 1.47 bits per heavy atom. The summed E-state index contributed by atoms with van der Waals surface area (Å²) >= 11 is 0. The van der Waals surface area contributed by atoms with Gasteiger partial charge in [-0.15, -0.1) is 0 Å². The van der Waals surface area contributed by atoms with E-state index in [0.717, 1.165) is 36.1 Å². The summed E-state index contributed by atoms with van der Waals surface area (Å²) in [5, 5.41) is 0. The second kappa shape index (κ2) is 5.04. The zero-order valence-corrected chi connectivity index (χ0v) is 10.0. The molecule has 0 spiro atoms. The highest BCUT2D eigenvalue weighted by atomic mass is 16.5. The van der Waals surface area contributed by atoms with Gasteiger partial charge < -0.3 is 10.5 Å². The zero-order valence-electron chi connectivity index (χ0n) is 10.0. The molecule has 17 heavy (non-hydrogen) atoms. The molecule has 0 aromatic heterocycles. The molecule has 1 aliphatic rings. The van der Waals surface area contributed by atoms with E-state index in [1.165, 1.54) is 5.56 Å². The number of anilines is 1. The third-order valence-corrected chi connectivity index (χ3v) is 2.95. The van der Waals surface area contributed by atoms with Crippen LogP contribution in [0.1, 0.15) is 30.9 Å².